The Labute approximate surface area is 157 Å². The van der Waals surface area contributed by atoms with E-state index in [1.807, 2.05) is 34.5 Å². The first-order valence-electron chi connectivity index (χ1n) is 8.89. The number of hydrogen-bond donors (Lipinski definition) is 1. The zero-order valence-corrected chi connectivity index (χ0v) is 15.6. The second-order valence-electron chi connectivity index (χ2n) is 6.94. The Balaban J connectivity index is 1.33. The standard InChI is InChI=1S/C19H23N3O3S/c1-24-16-4-2-3-14(9-16)21-15-10-19(25-11-15)5-7-22(8-6-19)18(23)17-12-26-13-20-17/h2-4,9,12-13,15,21H,5-8,10-11H2,1H3. The minimum absolute atomic E-state index is 0.0325. The molecule has 2 aliphatic heterocycles. The second-order valence-corrected chi connectivity index (χ2v) is 7.66. The quantitative estimate of drug-likeness (QED) is 0.893. The van der Waals surface area contributed by atoms with Gasteiger partial charge in [-0.25, -0.2) is 4.98 Å². The third kappa shape index (κ3) is 3.54. The Bertz CT molecular complexity index is 757. The van der Waals surface area contributed by atoms with E-state index in [9.17, 15) is 4.79 Å². The molecule has 7 heteroatoms. The molecule has 1 N–H and O–H groups in total. The summed E-state index contributed by atoms with van der Waals surface area (Å²) in [5, 5.41) is 5.36. The summed E-state index contributed by atoms with van der Waals surface area (Å²) in [6, 6.07) is 8.24. The number of anilines is 1. The van der Waals surface area contributed by atoms with Crippen molar-refractivity contribution >= 4 is 22.9 Å². The number of nitrogens with one attached hydrogen (secondary N) is 1. The molecule has 1 aromatic heterocycles. The number of ether oxygens (including phenoxy) is 2. The zero-order valence-electron chi connectivity index (χ0n) is 14.8. The van der Waals surface area contributed by atoms with Crippen molar-refractivity contribution in [2.24, 2.45) is 0 Å². The molecule has 0 saturated carbocycles. The minimum Gasteiger partial charge on any atom is -0.497 e. The van der Waals surface area contributed by atoms with Crippen molar-refractivity contribution in [3.63, 3.8) is 0 Å². The van der Waals surface area contributed by atoms with Gasteiger partial charge in [0.1, 0.15) is 11.4 Å². The average molecular weight is 373 g/mol. The van der Waals surface area contributed by atoms with Crippen molar-refractivity contribution in [3.8, 4) is 5.75 Å². The highest BCUT2D eigenvalue weighted by molar-refractivity contribution is 7.07. The van der Waals surface area contributed by atoms with Gasteiger partial charge in [0.15, 0.2) is 0 Å². The van der Waals surface area contributed by atoms with E-state index in [-0.39, 0.29) is 17.6 Å². The number of aromatic nitrogens is 1. The van der Waals surface area contributed by atoms with Gasteiger partial charge in [-0.3, -0.25) is 4.79 Å². The number of hydrogen-bond acceptors (Lipinski definition) is 6. The molecular formula is C19H23N3O3S. The highest BCUT2D eigenvalue weighted by Gasteiger charge is 2.43. The first-order chi connectivity index (χ1) is 12.7. The molecule has 1 aromatic carbocycles. The maximum atomic E-state index is 12.4. The number of rotatable bonds is 4. The van der Waals surface area contributed by atoms with E-state index in [4.69, 9.17) is 9.47 Å². The van der Waals surface area contributed by atoms with Crippen molar-refractivity contribution in [3.05, 3.63) is 40.8 Å². The molecule has 1 atom stereocenters. The molecule has 26 heavy (non-hydrogen) atoms. The van der Waals surface area contributed by atoms with Crippen molar-refractivity contribution in [2.75, 3.05) is 32.1 Å². The summed E-state index contributed by atoms with van der Waals surface area (Å²) in [7, 11) is 1.67. The third-order valence-corrected chi connectivity index (χ3v) is 5.85. The topological polar surface area (TPSA) is 63.7 Å². The first kappa shape index (κ1) is 17.3. The van der Waals surface area contributed by atoms with Crippen LogP contribution < -0.4 is 10.1 Å². The Morgan fingerprint density at radius 2 is 2.27 bits per heavy atom. The van der Waals surface area contributed by atoms with Crippen molar-refractivity contribution < 1.29 is 14.3 Å². The lowest BCUT2D eigenvalue weighted by molar-refractivity contribution is -0.0388. The summed E-state index contributed by atoms with van der Waals surface area (Å²) >= 11 is 1.45. The molecule has 4 rings (SSSR count). The maximum absolute atomic E-state index is 12.4. The molecule has 1 unspecified atom stereocenters. The first-order valence-corrected chi connectivity index (χ1v) is 9.84. The van der Waals surface area contributed by atoms with Crippen LogP contribution in [0.1, 0.15) is 29.8 Å². The number of nitrogens with zero attached hydrogens (tertiary/aromatic N) is 2. The monoisotopic (exact) mass is 373 g/mol. The van der Waals surface area contributed by atoms with Crippen LogP contribution in [0.5, 0.6) is 5.75 Å². The fourth-order valence-electron chi connectivity index (χ4n) is 3.83. The lowest BCUT2D eigenvalue weighted by Gasteiger charge is -2.38. The molecular weight excluding hydrogens is 350 g/mol. The van der Waals surface area contributed by atoms with Gasteiger partial charge in [-0.1, -0.05) is 6.07 Å². The molecule has 2 aliphatic rings. The number of methoxy groups -OCH3 is 1. The molecule has 1 spiro atoms. The molecule has 6 nitrogen and oxygen atoms in total. The fraction of sp³-hybridized carbons (Fsp3) is 0.474. The predicted molar refractivity (Wildman–Crippen MR) is 101 cm³/mol. The smallest absolute Gasteiger partial charge is 0.273 e. The van der Waals surface area contributed by atoms with E-state index in [0.717, 1.165) is 43.8 Å². The van der Waals surface area contributed by atoms with Crippen LogP contribution in [0.15, 0.2) is 35.2 Å². The van der Waals surface area contributed by atoms with Crippen LogP contribution in [0.25, 0.3) is 0 Å². The Morgan fingerprint density at radius 3 is 3.00 bits per heavy atom. The fourth-order valence-corrected chi connectivity index (χ4v) is 4.36. The van der Waals surface area contributed by atoms with Crippen LogP contribution in [-0.2, 0) is 4.74 Å². The molecule has 0 radical (unpaired) electrons. The predicted octanol–water partition coefficient (Wildman–Crippen LogP) is 3.03. The Hall–Kier alpha value is -2.12. The molecule has 2 aromatic rings. The molecule has 0 bridgehead atoms. The van der Waals surface area contributed by atoms with Crippen LogP contribution in [0.4, 0.5) is 5.69 Å². The largest absolute Gasteiger partial charge is 0.497 e. The number of carbonyl (C=O) groups is 1. The molecule has 3 heterocycles. The van der Waals surface area contributed by atoms with E-state index in [1.54, 1.807) is 12.6 Å². The maximum Gasteiger partial charge on any atom is 0.273 e. The Morgan fingerprint density at radius 1 is 1.42 bits per heavy atom. The van der Waals surface area contributed by atoms with Gasteiger partial charge < -0.3 is 19.7 Å². The lowest BCUT2D eigenvalue weighted by atomic mass is 9.87. The molecule has 0 aliphatic carbocycles. The lowest BCUT2D eigenvalue weighted by Crippen LogP contribution is -2.46. The number of benzene rings is 1. The summed E-state index contributed by atoms with van der Waals surface area (Å²) in [5.41, 5.74) is 3.19. The third-order valence-electron chi connectivity index (χ3n) is 5.26. The normalized spacial score (nSPS) is 21.7. The summed E-state index contributed by atoms with van der Waals surface area (Å²) in [6.45, 7) is 2.14. The number of amides is 1. The van der Waals surface area contributed by atoms with Crippen molar-refractivity contribution in [1.29, 1.82) is 0 Å². The van der Waals surface area contributed by atoms with E-state index >= 15 is 0 Å². The van der Waals surface area contributed by atoms with Gasteiger partial charge in [-0.15, -0.1) is 11.3 Å². The van der Waals surface area contributed by atoms with Crippen LogP contribution in [0.3, 0.4) is 0 Å². The molecule has 2 fully saturated rings. The summed E-state index contributed by atoms with van der Waals surface area (Å²) in [6.07, 6.45) is 2.71. The number of likely N-dealkylation sites (tertiary alicyclic amines) is 1. The van der Waals surface area contributed by atoms with Gasteiger partial charge in [0.25, 0.3) is 5.91 Å². The molecule has 1 amide bonds. The number of thiazole rings is 1. The van der Waals surface area contributed by atoms with Crippen LogP contribution in [-0.4, -0.2) is 54.2 Å². The van der Waals surface area contributed by atoms with Gasteiger partial charge in [0.05, 0.1) is 30.9 Å². The van der Waals surface area contributed by atoms with Crippen molar-refractivity contribution in [2.45, 2.75) is 30.9 Å². The number of carbonyl (C=O) groups excluding carboxylic acids is 1. The second kappa shape index (κ2) is 7.25. The van der Waals surface area contributed by atoms with Gasteiger partial charge in [-0.2, -0.15) is 0 Å². The molecule has 2 saturated heterocycles. The SMILES string of the molecule is COc1cccc(NC2COC3(CCN(C(=O)c4cscn4)CC3)C2)c1. The summed E-state index contributed by atoms with van der Waals surface area (Å²) in [4.78, 5) is 18.5. The van der Waals surface area contributed by atoms with Crippen LogP contribution >= 0.6 is 11.3 Å². The number of piperidine rings is 1. The summed E-state index contributed by atoms with van der Waals surface area (Å²) in [5.74, 6) is 0.877. The van der Waals surface area contributed by atoms with Gasteiger partial charge in [0.2, 0.25) is 0 Å². The van der Waals surface area contributed by atoms with Gasteiger partial charge in [0, 0.05) is 30.2 Å². The minimum atomic E-state index is -0.116. The van der Waals surface area contributed by atoms with E-state index in [2.05, 4.69) is 10.3 Å². The van der Waals surface area contributed by atoms with E-state index in [1.165, 1.54) is 11.3 Å². The van der Waals surface area contributed by atoms with E-state index < -0.39 is 0 Å². The highest BCUT2D eigenvalue weighted by atomic mass is 32.1. The van der Waals surface area contributed by atoms with E-state index in [0.29, 0.717) is 12.3 Å². The van der Waals surface area contributed by atoms with Crippen LogP contribution in [0, 0.1) is 0 Å². The highest BCUT2D eigenvalue weighted by Crippen LogP contribution is 2.37. The summed E-state index contributed by atoms with van der Waals surface area (Å²) < 4.78 is 11.5. The van der Waals surface area contributed by atoms with Gasteiger partial charge in [-0.05, 0) is 31.4 Å². The zero-order chi connectivity index (χ0) is 18.0. The van der Waals surface area contributed by atoms with Gasteiger partial charge >= 0.3 is 0 Å². The van der Waals surface area contributed by atoms with Crippen molar-refractivity contribution in [1.82, 2.24) is 9.88 Å². The van der Waals surface area contributed by atoms with Crippen LogP contribution in [0.2, 0.25) is 0 Å². The average Bonchev–Trinajstić information content (AvgIpc) is 3.33. The molecule has 138 valence electrons. The Kier molecular flexibility index (Phi) is 4.82.